The van der Waals surface area contributed by atoms with Gasteiger partial charge in [0.05, 0.1) is 5.25 Å². The number of aromatic nitrogens is 3. The van der Waals surface area contributed by atoms with E-state index < -0.39 is 11.3 Å². The van der Waals surface area contributed by atoms with Crippen molar-refractivity contribution < 1.29 is 9.59 Å². The van der Waals surface area contributed by atoms with Crippen LogP contribution in [-0.2, 0) is 11.8 Å². The summed E-state index contributed by atoms with van der Waals surface area (Å²) in [6.45, 7) is 1.71. The lowest BCUT2D eigenvalue weighted by atomic mass is 10.2. The van der Waals surface area contributed by atoms with Crippen LogP contribution in [0.4, 0.5) is 4.79 Å². The van der Waals surface area contributed by atoms with E-state index in [1.807, 2.05) is 41.9 Å². The molecule has 0 aliphatic heterocycles. The molecule has 1 heterocycles. The summed E-state index contributed by atoms with van der Waals surface area (Å²) in [7, 11) is 3.29. The van der Waals surface area contributed by atoms with Crippen LogP contribution >= 0.6 is 11.8 Å². The number of urea groups is 1. The van der Waals surface area contributed by atoms with Crippen molar-refractivity contribution in [3.8, 4) is 11.4 Å². The van der Waals surface area contributed by atoms with Gasteiger partial charge in [0.25, 0.3) is 0 Å². The van der Waals surface area contributed by atoms with Gasteiger partial charge in [0, 0.05) is 19.7 Å². The first-order chi connectivity index (χ1) is 10.5. The van der Waals surface area contributed by atoms with E-state index in [1.54, 1.807) is 6.92 Å². The van der Waals surface area contributed by atoms with E-state index in [4.69, 9.17) is 0 Å². The normalized spacial score (nSPS) is 11.8. The van der Waals surface area contributed by atoms with Crippen molar-refractivity contribution in [1.29, 1.82) is 0 Å². The maximum Gasteiger partial charge on any atom is 0.321 e. The Morgan fingerprint density at radius 2 is 1.91 bits per heavy atom. The van der Waals surface area contributed by atoms with Crippen LogP contribution in [0.5, 0.6) is 0 Å². The van der Waals surface area contributed by atoms with Gasteiger partial charge in [-0.2, -0.15) is 0 Å². The standard InChI is InChI=1S/C14H17N5O2S/c1-9(12(20)16-13(21)15-2)22-14-18-17-11(19(14)3)10-7-5-4-6-8-10/h4-9H,1-3H3,(H2,15,16,20,21)/t9-/m0/s1. The number of thioether (sulfide) groups is 1. The molecule has 0 aliphatic carbocycles. The minimum Gasteiger partial charge on any atom is -0.341 e. The predicted molar refractivity (Wildman–Crippen MR) is 84.4 cm³/mol. The van der Waals surface area contributed by atoms with Gasteiger partial charge in [-0.3, -0.25) is 10.1 Å². The van der Waals surface area contributed by atoms with E-state index in [0.29, 0.717) is 5.16 Å². The van der Waals surface area contributed by atoms with Crippen LogP contribution in [0.2, 0.25) is 0 Å². The summed E-state index contributed by atoms with van der Waals surface area (Å²) in [6.07, 6.45) is 0. The van der Waals surface area contributed by atoms with Crippen LogP contribution in [0.25, 0.3) is 11.4 Å². The zero-order chi connectivity index (χ0) is 16.1. The third-order valence-corrected chi connectivity index (χ3v) is 4.12. The summed E-state index contributed by atoms with van der Waals surface area (Å²) in [6, 6.07) is 9.15. The second-order valence-corrected chi connectivity index (χ2v) is 5.87. The molecule has 22 heavy (non-hydrogen) atoms. The molecule has 0 spiro atoms. The molecule has 2 N–H and O–H groups in total. The summed E-state index contributed by atoms with van der Waals surface area (Å²) in [5.74, 6) is 0.343. The van der Waals surface area contributed by atoms with Crippen LogP contribution in [0.1, 0.15) is 6.92 Å². The van der Waals surface area contributed by atoms with Gasteiger partial charge in [-0.05, 0) is 6.92 Å². The van der Waals surface area contributed by atoms with Crippen molar-refractivity contribution in [2.45, 2.75) is 17.3 Å². The number of nitrogens with one attached hydrogen (secondary N) is 2. The molecule has 0 fully saturated rings. The Morgan fingerprint density at radius 3 is 2.55 bits per heavy atom. The Kier molecular flexibility index (Phi) is 5.16. The number of benzene rings is 1. The second-order valence-electron chi connectivity index (χ2n) is 4.56. The summed E-state index contributed by atoms with van der Waals surface area (Å²) in [4.78, 5) is 23.0. The number of hydrogen-bond donors (Lipinski definition) is 2. The molecule has 116 valence electrons. The number of amides is 3. The number of rotatable bonds is 4. The fraction of sp³-hybridized carbons (Fsp3) is 0.286. The summed E-state index contributed by atoms with van der Waals surface area (Å²) in [5.41, 5.74) is 0.951. The van der Waals surface area contributed by atoms with Crippen LogP contribution in [0.15, 0.2) is 35.5 Å². The lowest BCUT2D eigenvalue weighted by Crippen LogP contribution is -2.41. The first kappa shape index (κ1) is 16.0. The first-order valence-electron chi connectivity index (χ1n) is 6.67. The summed E-state index contributed by atoms with van der Waals surface area (Å²) < 4.78 is 1.82. The van der Waals surface area contributed by atoms with Crippen molar-refractivity contribution in [2.75, 3.05) is 7.05 Å². The maximum atomic E-state index is 11.9. The van der Waals surface area contributed by atoms with Crippen LogP contribution in [0, 0.1) is 0 Å². The highest BCUT2D eigenvalue weighted by atomic mass is 32.2. The van der Waals surface area contributed by atoms with Crippen molar-refractivity contribution in [2.24, 2.45) is 7.05 Å². The Balaban J connectivity index is 2.10. The topological polar surface area (TPSA) is 88.9 Å². The van der Waals surface area contributed by atoms with E-state index in [-0.39, 0.29) is 5.91 Å². The lowest BCUT2D eigenvalue weighted by Gasteiger charge is -2.10. The number of carbonyl (C=O) groups excluding carboxylic acids is 2. The third kappa shape index (κ3) is 3.64. The molecule has 1 aromatic heterocycles. The monoisotopic (exact) mass is 319 g/mol. The van der Waals surface area contributed by atoms with E-state index >= 15 is 0 Å². The molecule has 8 heteroatoms. The SMILES string of the molecule is CNC(=O)NC(=O)[C@H](C)Sc1nnc(-c2ccccc2)n1C. The van der Waals surface area contributed by atoms with Gasteiger partial charge in [0.15, 0.2) is 11.0 Å². The quantitative estimate of drug-likeness (QED) is 0.832. The van der Waals surface area contributed by atoms with Crippen molar-refractivity contribution >= 4 is 23.7 Å². The molecule has 2 aromatic rings. The lowest BCUT2D eigenvalue weighted by molar-refractivity contribution is -0.119. The average molecular weight is 319 g/mol. The highest BCUT2D eigenvalue weighted by Gasteiger charge is 2.20. The third-order valence-electron chi connectivity index (χ3n) is 2.98. The minimum absolute atomic E-state index is 0.381. The highest BCUT2D eigenvalue weighted by Crippen LogP contribution is 2.25. The van der Waals surface area contributed by atoms with Crippen molar-refractivity contribution in [1.82, 2.24) is 25.4 Å². The Hall–Kier alpha value is -2.35. The van der Waals surface area contributed by atoms with Crippen LogP contribution in [-0.4, -0.2) is 39.0 Å². The number of carbonyl (C=O) groups is 2. The molecule has 1 atom stereocenters. The van der Waals surface area contributed by atoms with Crippen molar-refractivity contribution in [3.05, 3.63) is 30.3 Å². The molecule has 0 saturated heterocycles. The minimum atomic E-state index is -0.527. The molecule has 0 unspecified atom stereocenters. The summed E-state index contributed by atoms with van der Waals surface area (Å²) >= 11 is 1.24. The van der Waals surface area contributed by atoms with Gasteiger partial charge in [-0.15, -0.1) is 10.2 Å². The zero-order valence-corrected chi connectivity index (χ0v) is 13.3. The molecule has 0 aliphatic rings. The zero-order valence-electron chi connectivity index (χ0n) is 12.5. The van der Waals surface area contributed by atoms with E-state index in [0.717, 1.165) is 11.4 Å². The molecule has 3 amide bonds. The number of hydrogen-bond acceptors (Lipinski definition) is 5. The molecule has 1 aromatic carbocycles. The maximum absolute atomic E-state index is 11.9. The van der Waals surface area contributed by atoms with Gasteiger partial charge in [0.2, 0.25) is 5.91 Å². The van der Waals surface area contributed by atoms with Gasteiger partial charge in [-0.1, -0.05) is 42.1 Å². The molecular weight excluding hydrogens is 302 g/mol. The smallest absolute Gasteiger partial charge is 0.321 e. The Morgan fingerprint density at radius 1 is 1.23 bits per heavy atom. The highest BCUT2D eigenvalue weighted by molar-refractivity contribution is 8.00. The van der Waals surface area contributed by atoms with Crippen LogP contribution in [0.3, 0.4) is 0 Å². The second kappa shape index (κ2) is 7.08. The average Bonchev–Trinajstić information content (AvgIpc) is 2.89. The molecule has 0 saturated carbocycles. The largest absolute Gasteiger partial charge is 0.341 e. The van der Waals surface area contributed by atoms with Gasteiger partial charge in [-0.25, -0.2) is 4.79 Å². The summed E-state index contributed by atoms with van der Waals surface area (Å²) in [5, 5.41) is 13.0. The molecule has 0 bridgehead atoms. The van der Waals surface area contributed by atoms with E-state index in [9.17, 15) is 9.59 Å². The van der Waals surface area contributed by atoms with E-state index in [1.165, 1.54) is 18.8 Å². The first-order valence-corrected chi connectivity index (χ1v) is 7.55. The van der Waals surface area contributed by atoms with Crippen LogP contribution < -0.4 is 10.6 Å². The molecule has 7 nitrogen and oxygen atoms in total. The fourth-order valence-electron chi connectivity index (χ4n) is 1.74. The van der Waals surface area contributed by atoms with E-state index in [2.05, 4.69) is 20.8 Å². The predicted octanol–water partition coefficient (Wildman–Crippen LogP) is 1.42. The van der Waals surface area contributed by atoms with Gasteiger partial charge >= 0.3 is 6.03 Å². The Bertz CT molecular complexity index is 671. The molecular formula is C14H17N5O2S. The fourth-order valence-corrected chi connectivity index (χ4v) is 2.56. The Labute approximate surface area is 132 Å². The van der Waals surface area contributed by atoms with Gasteiger partial charge in [0.1, 0.15) is 0 Å². The number of nitrogens with zero attached hydrogens (tertiary/aromatic N) is 3. The number of imide groups is 1. The molecule has 0 radical (unpaired) electrons. The van der Waals surface area contributed by atoms with Crippen molar-refractivity contribution in [3.63, 3.8) is 0 Å². The molecule has 2 rings (SSSR count). The van der Waals surface area contributed by atoms with Gasteiger partial charge < -0.3 is 9.88 Å².